The fourth-order valence-corrected chi connectivity index (χ4v) is 1.50. The van der Waals surface area contributed by atoms with E-state index in [0.717, 1.165) is 24.8 Å². The van der Waals surface area contributed by atoms with E-state index in [1.165, 1.54) is 0 Å². The quantitative estimate of drug-likeness (QED) is 0.371. The summed E-state index contributed by atoms with van der Waals surface area (Å²) in [5, 5.41) is 0. The summed E-state index contributed by atoms with van der Waals surface area (Å²) in [6.07, 6.45) is 2.89. The minimum Gasteiger partial charge on any atom is -0.452 e. The van der Waals surface area contributed by atoms with Crippen molar-refractivity contribution >= 4 is 5.97 Å². The summed E-state index contributed by atoms with van der Waals surface area (Å²) in [4.78, 5) is 11.3. The lowest BCUT2D eigenvalue weighted by atomic mass is 10.0. The molecule has 1 saturated carbocycles. The zero-order valence-electron chi connectivity index (χ0n) is 8.35. The van der Waals surface area contributed by atoms with Crippen LogP contribution in [0.5, 0.6) is 0 Å². The Hall–Kier alpha value is -1.05. The molecule has 1 aliphatic rings. The molecular weight excluding hydrogens is 164 g/mol. The highest BCUT2D eigenvalue weighted by molar-refractivity contribution is 5.87. The highest BCUT2D eigenvalue weighted by Gasteiger charge is 2.36. The van der Waals surface area contributed by atoms with Crippen molar-refractivity contribution in [2.75, 3.05) is 0 Å². The van der Waals surface area contributed by atoms with Crippen molar-refractivity contribution in [3.8, 4) is 0 Å². The first-order valence-electron chi connectivity index (χ1n) is 4.53. The third-order valence-electron chi connectivity index (χ3n) is 2.55. The fraction of sp³-hybridized carbons (Fsp3) is 0.545. The predicted octanol–water partition coefficient (Wildman–Crippen LogP) is 2.60. The van der Waals surface area contributed by atoms with Gasteiger partial charge in [0.15, 0.2) is 0 Å². The summed E-state index contributed by atoms with van der Waals surface area (Å²) < 4.78 is 5.33. The van der Waals surface area contributed by atoms with E-state index in [4.69, 9.17) is 4.74 Å². The predicted molar refractivity (Wildman–Crippen MR) is 52.3 cm³/mol. The van der Waals surface area contributed by atoms with E-state index in [9.17, 15) is 4.79 Å². The molecule has 0 radical (unpaired) electrons. The van der Waals surface area contributed by atoms with Crippen LogP contribution in [0.2, 0.25) is 0 Å². The number of ether oxygens (including phenoxy) is 1. The number of carbonyl (C=O) groups excluding carboxylic acids is 1. The molecule has 13 heavy (non-hydrogen) atoms. The van der Waals surface area contributed by atoms with E-state index in [0.29, 0.717) is 5.57 Å². The normalized spacial score (nSPS) is 27.4. The lowest BCUT2D eigenvalue weighted by molar-refractivity contribution is -0.149. The van der Waals surface area contributed by atoms with Crippen molar-refractivity contribution in [1.82, 2.24) is 0 Å². The maximum Gasteiger partial charge on any atom is 0.333 e. The summed E-state index contributed by atoms with van der Waals surface area (Å²) in [5.41, 5.74) is 1.01. The molecule has 1 fully saturated rings. The van der Waals surface area contributed by atoms with Crippen LogP contribution in [0.1, 0.15) is 33.1 Å². The molecule has 0 saturated heterocycles. The van der Waals surface area contributed by atoms with Crippen LogP contribution < -0.4 is 0 Å². The first-order valence-corrected chi connectivity index (χ1v) is 4.53. The Morgan fingerprint density at radius 1 is 1.62 bits per heavy atom. The van der Waals surface area contributed by atoms with Gasteiger partial charge in [-0.25, -0.2) is 4.79 Å². The number of hydrogen-bond acceptors (Lipinski definition) is 2. The van der Waals surface area contributed by atoms with Crippen molar-refractivity contribution < 1.29 is 9.53 Å². The number of hydrogen-bond donors (Lipinski definition) is 0. The largest absolute Gasteiger partial charge is 0.452 e. The Morgan fingerprint density at radius 2 is 2.23 bits per heavy atom. The minimum atomic E-state index is -0.448. The molecule has 0 aromatic rings. The second-order valence-electron chi connectivity index (χ2n) is 3.86. The van der Waals surface area contributed by atoms with Crippen LogP contribution in [0, 0.1) is 0 Å². The Kier molecular flexibility index (Phi) is 2.60. The molecule has 1 unspecified atom stereocenters. The van der Waals surface area contributed by atoms with Crippen molar-refractivity contribution in [3.05, 3.63) is 24.3 Å². The van der Waals surface area contributed by atoms with Crippen LogP contribution in [-0.2, 0) is 9.53 Å². The first-order chi connectivity index (χ1) is 5.96. The Balaban J connectivity index is 2.67. The lowest BCUT2D eigenvalue weighted by Crippen LogP contribution is -2.29. The van der Waals surface area contributed by atoms with E-state index >= 15 is 0 Å². The molecule has 0 heterocycles. The van der Waals surface area contributed by atoms with E-state index in [1.807, 2.05) is 6.92 Å². The fourth-order valence-electron chi connectivity index (χ4n) is 1.50. The van der Waals surface area contributed by atoms with Crippen molar-refractivity contribution in [2.45, 2.75) is 38.7 Å². The molecule has 0 aromatic carbocycles. The number of esters is 1. The van der Waals surface area contributed by atoms with E-state index < -0.39 is 5.60 Å². The zero-order valence-corrected chi connectivity index (χ0v) is 8.35. The minimum absolute atomic E-state index is 0.314. The van der Waals surface area contributed by atoms with Gasteiger partial charge < -0.3 is 4.74 Å². The monoisotopic (exact) mass is 180 g/mol. The summed E-state index contributed by atoms with van der Waals surface area (Å²) in [7, 11) is 0. The highest BCUT2D eigenvalue weighted by Crippen LogP contribution is 2.37. The van der Waals surface area contributed by atoms with Gasteiger partial charge in [0.2, 0.25) is 0 Å². The molecule has 0 aromatic heterocycles. The summed E-state index contributed by atoms with van der Waals surface area (Å²) in [5.74, 6) is -0.314. The summed E-state index contributed by atoms with van der Waals surface area (Å²) in [6.45, 7) is 11.0. The molecule has 0 N–H and O–H groups in total. The van der Waals surface area contributed by atoms with Gasteiger partial charge in [0.05, 0.1) is 0 Å². The SMILES string of the molecule is C=C(C)C(=O)OC1(C)CCCC1=C. The summed E-state index contributed by atoms with van der Waals surface area (Å²) in [6, 6.07) is 0. The molecule has 0 aliphatic heterocycles. The van der Waals surface area contributed by atoms with Gasteiger partial charge in [-0.1, -0.05) is 13.2 Å². The average Bonchev–Trinajstić information content (AvgIpc) is 2.32. The molecule has 0 amide bonds. The molecule has 0 bridgehead atoms. The third kappa shape index (κ3) is 2.00. The topological polar surface area (TPSA) is 26.3 Å². The van der Waals surface area contributed by atoms with Crippen molar-refractivity contribution in [3.63, 3.8) is 0 Å². The van der Waals surface area contributed by atoms with Crippen LogP contribution in [0.15, 0.2) is 24.3 Å². The Labute approximate surface area is 79.3 Å². The zero-order chi connectivity index (χ0) is 10.1. The van der Waals surface area contributed by atoms with Gasteiger partial charge in [-0.2, -0.15) is 0 Å². The van der Waals surface area contributed by atoms with Gasteiger partial charge >= 0.3 is 5.97 Å². The maximum atomic E-state index is 11.3. The Bertz CT molecular complexity index is 265. The van der Waals surface area contributed by atoms with Gasteiger partial charge in [-0.05, 0) is 38.7 Å². The second-order valence-corrected chi connectivity index (χ2v) is 3.86. The molecule has 2 nitrogen and oxygen atoms in total. The Morgan fingerprint density at radius 3 is 2.62 bits per heavy atom. The smallest absolute Gasteiger partial charge is 0.333 e. The molecule has 0 spiro atoms. The van der Waals surface area contributed by atoms with Crippen molar-refractivity contribution in [2.24, 2.45) is 0 Å². The highest BCUT2D eigenvalue weighted by atomic mass is 16.6. The first kappa shape index (κ1) is 10.0. The molecule has 1 rings (SSSR count). The number of rotatable bonds is 2. The van der Waals surface area contributed by atoms with E-state index in [2.05, 4.69) is 13.2 Å². The molecular formula is C11H16O2. The third-order valence-corrected chi connectivity index (χ3v) is 2.55. The van der Waals surface area contributed by atoms with Gasteiger partial charge in [0, 0.05) is 5.57 Å². The molecule has 1 atom stereocenters. The van der Waals surface area contributed by atoms with Crippen LogP contribution in [0.4, 0.5) is 0 Å². The average molecular weight is 180 g/mol. The van der Waals surface area contributed by atoms with Gasteiger partial charge in [0.25, 0.3) is 0 Å². The second kappa shape index (κ2) is 3.36. The molecule has 1 aliphatic carbocycles. The maximum absolute atomic E-state index is 11.3. The van der Waals surface area contributed by atoms with Gasteiger partial charge in [-0.15, -0.1) is 0 Å². The van der Waals surface area contributed by atoms with E-state index in [-0.39, 0.29) is 5.97 Å². The number of carbonyl (C=O) groups is 1. The molecule has 72 valence electrons. The van der Waals surface area contributed by atoms with Crippen LogP contribution >= 0.6 is 0 Å². The van der Waals surface area contributed by atoms with Crippen molar-refractivity contribution in [1.29, 1.82) is 0 Å². The van der Waals surface area contributed by atoms with E-state index in [1.54, 1.807) is 6.92 Å². The standard InChI is InChI=1S/C11H16O2/c1-8(2)10(12)13-11(4)7-5-6-9(11)3/h1,3,5-7H2,2,4H3. The van der Waals surface area contributed by atoms with Gasteiger partial charge in [0.1, 0.15) is 5.60 Å². The van der Waals surface area contributed by atoms with Crippen LogP contribution in [-0.4, -0.2) is 11.6 Å². The van der Waals surface area contributed by atoms with Crippen LogP contribution in [0.25, 0.3) is 0 Å². The van der Waals surface area contributed by atoms with Gasteiger partial charge in [-0.3, -0.25) is 0 Å². The molecule has 2 heteroatoms. The summed E-state index contributed by atoms with van der Waals surface area (Å²) >= 11 is 0. The van der Waals surface area contributed by atoms with Crippen LogP contribution in [0.3, 0.4) is 0 Å². The lowest BCUT2D eigenvalue weighted by Gasteiger charge is -2.25.